The van der Waals surface area contributed by atoms with E-state index in [1.165, 1.54) is 11.8 Å². The van der Waals surface area contributed by atoms with Gasteiger partial charge in [-0.25, -0.2) is 15.0 Å². The molecule has 38 heavy (non-hydrogen) atoms. The third-order valence-corrected chi connectivity index (χ3v) is 9.37. The second-order valence-electron chi connectivity index (χ2n) is 9.97. The van der Waals surface area contributed by atoms with Gasteiger partial charge in [-0.2, -0.15) is 0 Å². The zero-order chi connectivity index (χ0) is 25.7. The molecule has 0 bridgehead atoms. The second kappa shape index (κ2) is 10.7. The zero-order valence-electron chi connectivity index (χ0n) is 21.2. The Labute approximate surface area is 236 Å². The van der Waals surface area contributed by atoms with E-state index in [0.29, 0.717) is 28.0 Å². The van der Waals surface area contributed by atoms with Gasteiger partial charge in [-0.3, -0.25) is 0 Å². The van der Waals surface area contributed by atoms with Crippen molar-refractivity contribution in [3.63, 3.8) is 0 Å². The lowest BCUT2D eigenvalue weighted by atomic mass is 9.73. The lowest BCUT2D eigenvalue weighted by Gasteiger charge is -2.42. The van der Waals surface area contributed by atoms with Crippen molar-refractivity contribution in [2.24, 2.45) is 11.1 Å². The maximum Gasteiger partial charge on any atom is 0.157 e. The minimum absolute atomic E-state index is 0. The topological polar surface area (TPSA) is 118 Å². The summed E-state index contributed by atoms with van der Waals surface area (Å²) in [6.45, 7) is 6.14. The molecule has 4 aromatic heterocycles. The number of rotatable bonds is 5. The number of aliphatic hydroxyl groups is 1. The Hall–Kier alpha value is -2.34. The van der Waals surface area contributed by atoms with E-state index >= 15 is 0 Å². The normalized spacial score (nSPS) is 20.8. The summed E-state index contributed by atoms with van der Waals surface area (Å²) in [6, 6.07) is 5.91. The van der Waals surface area contributed by atoms with Gasteiger partial charge in [0.2, 0.25) is 0 Å². The average Bonchev–Trinajstić information content (AvgIpc) is 3.65. The second-order valence-corrected chi connectivity index (χ2v) is 11.4. The molecular formula is C26H31Cl2N7O2S. The molecule has 2 atom stereocenters. The summed E-state index contributed by atoms with van der Waals surface area (Å²) in [7, 11) is 0. The Kier molecular flexibility index (Phi) is 7.65. The van der Waals surface area contributed by atoms with Gasteiger partial charge in [0, 0.05) is 48.0 Å². The molecule has 12 heteroatoms. The monoisotopic (exact) mass is 575 g/mol. The van der Waals surface area contributed by atoms with Crippen LogP contribution in [0.3, 0.4) is 0 Å². The van der Waals surface area contributed by atoms with E-state index in [1.54, 1.807) is 0 Å². The van der Waals surface area contributed by atoms with Crippen LogP contribution in [0.1, 0.15) is 31.2 Å². The van der Waals surface area contributed by atoms with Crippen molar-refractivity contribution in [2.45, 2.75) is 55.4 Å². The number of hydrogen-bond acceptors (Lipinski definition) is 8. The number of aromatic nitrogens is 5. The van der Waals surface area contributed by atoms with Gasteiger partial charge in [-0.15, -0.1) is 12.4 Å². The highest BCUT2D eigenvalue weighted by Crippen LogP contribution is 2.43. The highest BCUT2D eigenvalue weighted by Gasteiger charge is 2.47. The van der Waals surface area contributed by atoms with Gasteiger partial charge >= 0.3 is 0 Å². The van der Waals surface area contributed by atoms with E-state index in [-0.39, 0.29) is 36.6 Å². The molecule has 4 aromatic rings. The van der Waals surface area contributed by atoms with Crippen LogP contribution < -0.4 is 10.6 Å². The third kappa shape index (κ3) is 4.67. The number of ether oxygens (including phenoxy) is 1. The Bertz CT molecular complexity index is 1440. The first kappa shape index (κ1) is 27.2. The van der Waals surface area contributed by atoms with Crippen molar-refractivity contribution in [2.75, 3.05) is 24.6 Å². The number of pyridine rings is 1. The molecule has 9 nitrogen and oxygen atoms in total. The predicted molar refractivity (Wildman–Crippen MR) is 151 cm³/mol. The largest absolute Gasteiger partial charge is 0.390 e. The first-order valence-electron chi connectivity index (χ1n) is 12.5. The molecule has 0 unspecified atom stereocenters. The number of hydrogen-bond donors (Lipinski definition) is 3. The molecule has 0 aliphatic carbocycles. The summed E-state index contributed by atoms with van der Waals surface area (Å²) in [4.78, 5) is 20.6. The van der Waals surface area contributed by atoms with E-state index in [0.717, 1.165) is 53.7 Å². The summed E-state index contributed by atoms with van der Waals surface area (Å²) < 4.78 is 7.77. The molecule has 2 fully saturated rings. The van der Waals surface area contributed by atoms with Gasteiger partial charge < -0.3 is 29.9 Å². The summed E-state index contributed by atoms with van der Waals surface area (Å²) in [6.07, 6.45) is 7.71. The quantitative estimate of drug-likeness (QED) is 0.319. The zero-order valence-corrected chi connectivity index (χ0v) is 23.6. The number of aliphatic hydroxyl groups excluding tert-OH is 1. The molecule has 0 saturated carbocycles. The Morgan fingerprint density at radius 3 is 2.71 bits per heavy atom. The van der Waals surface area contributed by atoms with Crippen molar-refractivity contribution in [1.29, 1.82) is 0 Å². The lowest BCUT2D eigenvalue weighted by molar-refractivity contribution is 0.0973. The fourth-order valence-corrected chi connectivity index (χ4v) is 6.61. The molecule has 2 saturated heterocycles. The number of anilines is 1. The molecule has 0 radical (unpaired) electrons. The minimum atomic E-state index is -0.190. The number of halogens is 2. The van der Waals surface area contributed by atoms with Crippen LogP contribution in [-0.2, 0) is 11.3 Å². The fourth-order valence-electron chi connectivity index (χ4n) is 5.42. The number of piperidine rings is 1. The fraction of sp³-hybridized carbons (Fsp3) is 0.423. The van der Waals surface area contributed by atoms with Gasteiger partial charge in [0.15, 0.2) is 11.5 Å². The molecular weight excluding hydrogens is 545 g/mol. The Morgan fingerprint density at radius 2 is 2.05 bits per heavy atom. The number of fused-ring (bicyclic) bond motifs is 1. The number of imidazole rings is 1. The number of aryl methyl sites for hydroxylation is 1. The Morgan fingerprint density at radius 1 is 1.26 bits per heavy atom. The van der Waals surface area contributed by atoms with Crippen molar-refractivity contribution in [3.05, 3.63) is 53.2 Å². The first-order valence-corrected chi connectivity index (χ1v) is 13.7. The van der Waals surface area contributed by atoms with Crippen LogP contribution in [0.4, 0.5) is 5.82 Å². The van der Waals surface area contributed by atoms with Gasteiger partial charge in [0.05, 0.1) is 35.7 Å². The molecule has 2 aliphatic heterocycles. The van der Waals surface area contributed by atoms with E-state index in [2.05, 4.69) is 16.8 Å². The highest BCUT2D eigenvalue weighted by atomic mass is 35.5. The molecule has 202 valence electrons. The van der Waals surface area contributed by atoms with Crippen molar-refractivity contribution in [3.8, 4) is 11.4 Å². The summed E-state index contributed by atoms with van der Waals surface area (Å²) in [5, 5.41) is 11.4. The predicted octanol–water partition coefficient (Wildman–Crippen LogP) is 4.48. The van der Waals surface area contributed by atoms with Crippen LogP contribution in [0, 0.1) is 12.3 Å². The average molecular weight is 577 g/mol. The van der Waals surface area contributed by atoms with E-state index in [1.807, 2.05) is 48.1 Å². The number of nitrogens with one attached hydrogen (secondary N) is 1. The molecule has 2 aliphatic rings. The smallest absolute Gasteiger partial charge is 0.157 e. The van der Waals surface area contributed by atoms with E-state index < -0.39 is 0 Å². The van der Waals surface area contributed by atoms with Crippen molar-refractivity contribution >= 4 is 47.2 Å². The summed E-state index contributed by atoms with van der Waals surface area (Å²) >= 11 is 8.22. The van der Waals surface area contributed by atoms with Crippen molar-refractivity contribution in [1.82, 2.24) is 24.3 Å². The Balaban J connectivity index is 0.00000294. The first-order chi connectivity index (χ1) is 17.9. The van der Waals surface area contributed by atoms with Crippen LogP contribution in [0.25, 0.3) is 17.0 Å². The number of aromatic amines is 1. The number of nitrogens with zero attached hydrogens (tertiary/aromatic N) is 5. The van der Waals surface area contributed by atoms with E-state index in [9.17, 15) is 5.11 Å². The summed E-state index contributed by atoms with van der Waals surface area (Å²) in [5.41, 5.74) is 10.3. The van der Waals surface area contributed by atoms with Crippen LogP contribution in [0.15, 0.2) is 46.7 Å². The number of H-pyrrole nitrogens is 1. The molecule has 6 rings (SSSR count). The lowest BCUT2D eigenvalue weighted by Crippen LogP contribution is -2.51. The van der Waals surface area contributed by atoms with Gasteiger partial charge in [0.1, 0.15) is 16.4 Å². The maximum atomic E-state index is 10.2. The molecule has 4 N–H and O–H groups in total. The van der Waals surface area contributed by atoms with Gasteiger partial charge in [-0.05, 0) is 44.9 Å². The summed E-state index contributed by atoms with van der Waals surface area (Å²) in [5.74, 6) is 0.741. The van der Waals surface area contributed by atoms with Crippen LogP contribution >= 0.6 is 35.8 Å². The minimum Gasteiger partial charge on any atom is -0.390 e. The molecule has 6 heterocycles. The third-order valence-electron chi connectivity index (χ3n) is 7.74. The van der Waals surface area contributed by atoms with Crippen LogP contribution in [0.5, 0.6) is 0 Å². The molecule has 0 aromatic carbocycles. The maximum absolute atomic E-state index is 10.2. The van der Waals surface area contributed by atoms with Gasteiger partial charge in [0.25, 0.3) is 0 Å². The molecule has 1 spiro atoms. The molecule has 0 amide bonds. The van der Waals surface area contributed by atoms with E-state index in [4.69, 9.17) is 37.0 Å². The standard InChI is InChI=1S/C26H30ClN7O2S.ClH/c1-15-25(37-20-5-9-34-12-18(17-4-3-8-29-17)31-24(34)21(20)27)32-19(13-35)23(30-15)33-10-6-26(7-11-33)14-36-16(2)22(26)28;/h3-5,8-9,12,16,22,29,35H,6-7,10-11,13-14,28H2,1-2H3;1H/t16-,22+;/m0./s1. The highest BCUT2D eigenvalue weighted by molar-refractivity contribution is 7.99. The van der Waals surface area contributed by atoms with Crippen LogP contribution in [-0.4, -0.2) is 61.3 Å². The van der Waals surface area contributed by atoms with Crippen LogP contribution in [0.2, 0.25) is 5.02 Å². The number of nitrogens with two attached hydrogens (primary N) is 1. The SMILES string of the molecule is Cc1nc(N2CCC3(CC2)CO[C@@H](C)[C@H]3N)c(CO)nc1Sc1ccn2cc(-c3ccc[nH]3)nc2c1Cl.Cl. The van der Waals surface area contributed by atoms with Crippen molar-refractivity contribution < 1.29 is 9.84 Å². The van der Waals surface area contributed by atoms with Gasteiger partial charge in [-0.1, -0.05) is 23.4 Å².